The van der Waals surface area contributed by atoms with Gasteiger partial charge in [0.25, 0.3) is 0 Å². The molecule has 2 unspecified atom stereocenters. The molecular formula is C13H17NO3. The van der Waals surface area contributed by atoms with Gasteiger partial charge in [-0.25, -0.2) is 4.79 Å². The van der Waals surface area contributed by atoms with Gasteiger partial charge in [0.15, 0.2) is 6.10 Å². The van der Waals surface area contributed by atoms with Gasteiger partial charge in [-0.3, -0.25) is 0 Å². The summed E-state index contributed by atoms with van der Waals surface area (Å²) < 4.78 is 5.34. The number of ether oxygens (including phenoxy) is 1. The summed E-state index contributed by atoms with van der Waals surface area (Å²) in [6.07, 6.45) is 2.29. The van der Waals surface area contributed by atoms with Crippen LogP contribution in [-0.4, -0.2) is 17.2 Å². The molecule has 0 radical (unpaired) electrons. The molecule has 1 aromatic carbocycles. The normalized spacial score (nSPS) is 20.5. The Morgan fingerprint density at radius 1 is 1.59 bits per heavy atom. The summed E-state index contributed by atoms with van der Waals surface area (Å²) in [6, 6.07) is 5.72. The van der Waals surface area contributed by atoms with Gasteiger partial charge in [0.1, 0.15) is 5.75 Å². The van der Waals surface area contributed by atoms with Crippen molar-refractivity contribution in [2.45, 2.75) is 38.3 Å². The zero-order valence-electron chi connectivity index (χ0n) is 9.85. The van der Waals surface area contributed by atoms with Gasteiger partial charge in [0.2, 0.25) is 0 Å². The van der Waals surface area contributed by atoms with Crippen LogP contribution in [0.25, 0.3) is 0 Å². The lowest BCUT2D eigenvalue weighted by molar-refractivity contribution is -0.144. The topological polar surface area (TPSA) is 72.5 Å². The van der Waals surface area contributed by atoms with E-state index in [1.54, 1.807) is 0 Å². The van der Waals surface area contributed by atoms with Crippen molar-refractivity contribution in [3.63, 3.8) is 0 Å². The minimum absolute atomic E-state index is 0.0439. The van der Waals surface area contributed by atoms with E-state index in [4.69, 9.17) is 15.6 Å². The van der Waals surface area contributed by atoms with Gasteiger partial charge in [-0.1, -0.05) is 6.07 Å². The number of hydrogen-bond donors (Lipinski definition) is 2. The second-order valence-electron chi connectivity index (χ2n) is 4.46. The van der Waals surface area contributed by atoms with E-state index >= 15 is 0 Å². The molecule has 2 atom stereocenters. The number of rotatable bonds is 3. The third kappa shape index (κ3) is 2.58. The van der Waals surface area contributed by atoms with Crippen molar-refractivity contribution in [1.29, 1.82) is 0 Å². The number of benzene rings is 1. The van der Waals surface area contributed by atoms with Crippen molar-refractivity contribution >= 4 is 5.97 Å². The van der Waals surface area contributed by atoms with Gasteiger partial charge in [0.05, 0.1) is 0 Å². The second kappa shape index (κ2) is 4.75. The predicted molar refractivity (Wildman–Crippen MR) is 64.0 cm³/mol. The average Bonchev–Trinajstić information content (AvgIpc) is 2.30. The fourth-order valence-electron chi connectivity index (χ4n) is 2.14. The molecule has 0 spiro atoms. The molecule has 4 nitrogen and oxygen atoms in total. The van der Waals surface area contributed by atoms with Crippen LogP contribution in [0, 0.1) is 0 Å². The molecule has 3 N–H and O–H groups in total. The van der Waals surface area contributed by atoms with Gasteiger partial charge in [0, 0.05) is 6.04 Å². The zero-order valence-corrected chi connectivity index (χ0v) is 9.85. The van der Waals surface area contributed by atoms with Crippen LogP contribution in [0.15, 0.2) is 18.2 Å². The highest BCUT2D eigenvalue weighted by Crippen LogP contribution is 2.31. The molecule has 0 fully saturated rings. The number of aliphatic carboxylic acids is 1. The number of fused-ring (bicyclic) bond motifs is 1. The highest BCUT2D eigenvalue weighted by Gasteiger charge is 2.19. The molecule has 2 rings (SSSR count). The molecule has 1 aliphatic carbocycles. The Balaban J connectivity index is 2.20. The molecule has 92 valence electrons. The lowest BCUT2D eigenvalue weighted by Gasteiger charge is -2.23. The third-order valence-electron chi connectivity index (χ3n) is 3.14. The van der Waals surface area contributed by atoms with Crippen molar-refractivity contribution in [2.24, 2.45) is 5.73 Å². The van der Waals surface area contributed by atoms with E-state index in [2.05, 4.69) is 0 Å². The van der Waals surface area contributed by atoms with E-state index in [1.165, 1.54) is 12.5 Å². The first kappa shape index (κ1) is 11.9. The smallest absolute Gasteiger partial charge is 0.344 e. The zero-order chi connectivity index (χ0) is 12.4. The summed E-state index contributed by atoms with van der Waals surface area (Å²) >= 11 is 0. The van der Waals surface area contributed by atoms with E-state index in [9.17, 15) is 4.79 Å². The van der Waals surface area contributed by atoms with Crippen LogP contribution in [0.3, 0.4) is 0 Å². The highest BCUT2D eigenvalue weighted by atomic mass is 16.5. The largest absolute Gasteiger partial charge is 0.479 e. The Kier molecular flexibility index (Phi) is 3.33. The minimum Gasteiger partial charge on any atom is -0.479 e. The number of aryl methyl sites for hydroxylation is 1. The molecular weight excluding hydrogens is 218 g/mol. The summed E-state index contributed by atoms with van der Waals surface area (Å²) in [7, 11) is 0. The Morgan fingerprint density at radius 3 is 3.06 bits per heavy atom. The lowest BCUT2D eigenvalue weighted by atomic mass is 9.88. The molecule has 1 aliphatic rings. The van der Waals surface area contributed by atoms with E-state index in [0.29, 0.717) is 5.75 Å². The maximum atomic E-state index is 10.7. The Hall–Kier alpha value is -1.55. The van der Waals surface area contributed by atoms with Crippen molar-refractivity contribution < 1.29 is 14.6 Å². The molecule has 0 bridgehead atoms. The van der Waals surface area contributed by atoms with Crippen molar-refractivity contribution in [3.05, 3.63) is 29.3 Å². The van der Waals surface area contributed by atoms with E-state index in [1.807, 2.05) is 18.2 Å². The maximum Gasteiger partial charge on any atom is 0.344 e. The standard InChI is InChI=1S/C13H17NO3/c1-8(13(15)16)17-10-6-5-9-3-2-4-12(14)11(9)7-10/h5-8,12H,2-4,14H2,1H3,(H,15,16). The van der Waals surface area contributed by atoms with Crippen LogP contribution in [0.5, 0.6) is 5.75 Å². The molecule has 0 saturated carbocycles. The van der Waals surface area contributed by atoms with E-state index in [0.717, 1.165) is 24.8 Å². The SMILES string of the molecule is CC(Oc1ccc2c(c1)C(N)CCC2)C(=O)O. The first-order valence-electron chi connectivity index (χ1n) is 5.86. The molecule has 17 heavy (non-hydrogen) atoms. The molecule has 0 heterocycles. The fourth-order valence-corrected chi connectivity index (χ4v) is 2.14. The summed E-state index contributed by atoms with van der Waals surface area (Å²) in [6.45, 7) is 1.52. The molecule has 4 heteroatoms. The molecule has 0 saturated heterocycles. The predicted octanol–water partition coefficient (Wildman–Crippen LogP) is 1.87. The maximum absolute atomic E-state index is 10.7. The van der Waals surface area contributed by atoms with Crippen LogP contribution in [0.2, 0.25) is 0 Å². The molecule has 0 aromatic heterocycles. The fraction of sp³-hybridized carbons (Fsp3) is 0.462. The Labute approximate surface area is 100 Å². The average molecular weight is 235 g/mol. The number of carboxylic acids is 1. The number of carboxylic acid groups (broad SMARTS) is 1. The highest BCUT2D eigenvalue weighted by molar-refractivity contribution is 5.72. The van der Waals surface area contributed by atoms with Crippen molar-refractivity contribution in [1.82, 2.24) is 0 Å². The first-order valence-corrected chi connectivity index (χ1v) is 5.86. The third-order valence-corrected chi connectivity index (χ3v) is 3.14. The van der Waals surface area contributed by atoms with Gasteiger partial charge in [-0.2, -0.15) is 0 Å². The van der Waals surface area contributed by atoms with E-state index in [-0.39, 0.29) is 6.04 Å². The molecule has 0 amide bonds. The van der Waals surface area contributed by atoms with Gasteiger partial charge < -0.3 is 15.6 Å². The molecule has 0 aliphatic heterocycles. The monoisotopic (exact) mass is 235 g/mol. The van der Waals surface area contributed by atoms with Crippen molar-refractivity contribution in [2.75, 3.05) is 0 Å². The quantitative estimate of drug-likeness (QED) is 0.839. The summed E-state index contributed by atoms with van der Waals surface area (Å²) in [4.78, 5) is 10.7. The lowest BCUT2D eigenvalue weighted by Crippen LogP contribution is -2.23. The second-order valence-corrected chi connectivity index (χ2v) is 4.46. The first-order chi connectivity index (χ1) is 8.08. The van der Waals surface area contributed by atoms with Gasteiger partial charge in [-0.15, -0.1) is 0 Å². The van der Waals surface area contributed by atoms with E-state index < -0.39 is 12.1 Å². The summed E-state index contributed by atoms with van der Waals surface area (Å²) in [5.41, 5.74) is 8.37. The van der Waals surface area contributed by atoms with Crippen LogP contribution in [0.4, 0.5) is 0 Å². The van der Waals surface area contributed by atoms with Crippen molar-refractivity contribution in [3.8, 4) is 5.75 Å². The summed E-state index contributed by atoms with van der Waals surface area (Å²) in [5, 5.41) is 8.78. The van der Waals surface area contributed by atoms with Crippen LogP contribution >= 0.6 is 0 Å². The summed E-state index contributed by atoms with van der Waals surface area (Å²) in [5.74, 6) is -0.386. The minimum atomic E-state index is -0.966. The van der Waals surface area contributed by atoms with Gasteiger partial charge >= 0.3 is 5.97 Å². The van der Waals surface area contributed by atoms with Crippen LogP contribution in [-0.2, 0) is 11.2 Å². The van der Waals surface area contributed by atoms with Crippen LogP contribution in [0.1, 0.15) is 36.9 Å². The van der Waals surface area contributed by atoms with Gasteiger partial charge in [-0.05, 0) is 49.4 Å². The Morgan fingerprint density at radius 2 is 2.35 bits per heavy atom. The number of hydrogen-bond acceptors (Lipinski definition) is 3. The van der Waals surface area contributed by atoms with Crippen LogP contribution < -0.4 is 10.5 Å². The number of nitrogens with two attached hydrogens (primary N) is 1. The Bertz CT molecular complexity index is 431. The molecule has 1 aromatic rings. The number of carbonyl (C=O) groups is 1.